The highest BCUT2D eigenvalue weighted by Gasteiger charge is 2.03. The molecule has 1 aromatic carbocycles. The number of aryl methyl sites for hydroxylation is 1. The van der Waals surface area contributed by atoms with E-state index in [9.17, 15) is 4.39 Å². The van der Waals surface area contributed by atoms with Crippen LogP contribution in [0.25, 0.3) is 0 Å². The Bertz CT molecular complexity index is 422. The number of hydrogen-bond donors (Lipinski definition) is 0. The Morgan fingerprint density at radius 2 is 1.93 bits per heavy atom. The van der Waals surface area contributed by atoms with Crippen molar-refractivity contribution in [3.8, 4) is 0 Å². The number of aromatic nitrogens is 2. The second kappa shape index (κ2) is 3.57. The van der Waals surface area contributed by atoms with Crippen LogP contribution in [0.15, 0.2) is 28.7 Å². The first-order valence-corrected chi connectivity index (χ1v) is 4.27. The third-order valence-electron chi connectivity index (χ3n) is 1.84. The van der Waals surface area contributed by atoms with Crippen LogP contribution in [0.4, 0.5) is 4.39 Å². The quantitative estimate of drug-likeness (QED) is 0.731. The molecule has 0 aliphatic rings. The second-order valence-corrected chi connectivity index (χ2v) is 3.02. The molecule has 0 amide bonds. The van der Waals surface area contributed by atoms with Crippen LogP contribution in [0.2, 0.25) is 0 Å². The fourth-order valence-corrected chi connectivity index (χ4v) is 1.19. The van der Waals surface area contributed by atoms with Crippen LogP contribution in [-0.4, -0.2) is 10.2 Å². The van der Waals surface area contributed by atoms with Gasteiger partial charge in [0, 0.05) is 6.92 Å². The zero-order chi connectivity index (χ0) is 9.97. The number of rotatable bonds is 2. The van der Waals surface area contributed by atoms with Crippen LogP contribution < -0.4 is 0 Å². The predicted octanol–water partition coefficient (Wildman–Crippen LogP) is 2.11. The molecule has 0 N–H and O–H groups in total. The van der Waals surface area contributed by atoms with Gasteiger partial charge in [-0.2, -0.15) is 0 Å². The molecule has 0 fully saturated rings. The molecule has 0 bridgehead atoms. The molecule has 0 spiro atoms. The van der Waals surface area contributed by atoms with E-state index < -0.39 is 0 Å². The molecule has 2 rings (SSSR count). The van der Waals surface area contributed by atoms with Crippen LogP contribution >= 0.6 is 0 Å². The van der Waals surface area contributed by atoms with E-state index in [2.05, 4.69) is 10.2 Å². The number of nitrogens with zero attached hydrogens (tertiary/aromatic N) is 2. The SMILES string of the molecule is Cc1nnc(Cc2ccc(F)cc2)o1. The van der Waals surface area contributed by atoms with Crippen LogP contribution in [-0.2, 0) is 6.42 Å². The Labute approximate surface area is 80.6 Å². The van der Waals surface area contributed by atoms with E-state index in [1.165, 1.54) is 12.1 Å². The zero-order valence-electron chi connectivity index (χ0n) is 7.70. The van der Waals surface area contributed by atoms with Gasteiger partial charge in [-0.05, 0) is 17.7 Å². The molecular weight excluding hydrogens is 183 g/mol. The summed E-state index contributed by atoms with van der Waals surface area (Å²) in [5, 5.41) is 7.56. The molecular formula is C10H9FN2O. The van der Waals surface area contributed by atoms with E-state index in [1.54, 1.807) is 19.1 Å². The Morgan fingerprint density at radius 3 is 2.50 bits per heavy atom. The first-order chi connectivity index (χ1) is 6.74. The highest BCUT2D eigenvalue weighted by atomic mass is 19.1. The molecule has 3 nitrogen and oxygen atoms in total. The molecule has 2 aromatic rings. The first-order valence-electron chi connectivity index (χ1n) is 4.27. The molecule has 0 aliphatic heterocycles. The standard InChI is InChI=1S/C10H9FN2O/c1-7-12-13-10(14-7)6-8-2-4-9(11)5-3-8/h2-5H,6H2,1H3. The highest BCUT2D eigenvalue weighted by molar-refractivity contribution is 5.18. The third-order valence-corrected chi connectivity index (χ3v) is 1.84. The number of hydrogen-bond acceptors (Lipinski definition) is 3. The molecule has 0 aliphatic carbocycles. The van der Waals surface area contributed by atoms with Crippen LogP contribution in [0.1, 0.15) is 17.3 Å². The molecule has 0 saturated heterocycles. The third kappa shape index (κ3) is 1.96. The Hall–Kier alpha value is -1.71. The van der Waals surface area contributed by atoms with Gasteiger partial charge in [0.05, 0.1) is 6.42 Å². The number of halogens is 1. The maximum absolute atomic E-state index is 12.6. The van der Waals surface area contributed by atoms with Gasteiger partial charge in [0.1, 0.15) is 5.82 Å². The van der Waals surface area contributed by atoms with Crippen molar-refractivity contribution >= 4 is 0 Å². The smallest absolute Gasteiger partial charge is 0.220 e. The molecule has 0 atom stereocenters. The fraction of sp³-hybridized carbons (Fsp3) is 0.200. The lowest BCUT2D eigenvalue weighted by atomic mass is 10.1. The van der Waals surface area contributed by atoms with Gasteiger partial charge in [0.25, 0.3) is 0 Å². The fourth-order valence-electron chi connectivity index (χ4n) is 1.19. The Morgan fingerprint density at radius 1 is 1.21 bits per heavy atom. The number of benzene rings is 1. The van der Waals surface area contributed by atoms with Crippen molar-refractivity contribution in [1.82, 2.24) is 10.2 Å². The largest absolute Gasteiger partial charge is 0.425 e. The zero-order valence-corrected chi connectivity index (χ0v) is 7.70. The summed E-state index contributed by atoms with van der Waals surface area (Å²) in [4.78, 5) is 0. The van der Waals surface area contributed by atoms with Gasteiger partial charge >= 0.3 is 0 Å². The van der Waals surface area contributed by atoms with Gasteiger partial charge in [0.2, 0.25) is 11.8 Å². The van der Waals surface area contributed by atoms with E-state index >= 15 is 0 Å². The molecule has 1 heterocycles. The summed E-state index contributed by atoms with van der Waals surface area (Å²) < 4.78 is 17.8. The van der Waals surface area contributed by atoms with Crippen molar-refractivity contribution < 1.29 is 8.81 Å². The van der Waals surface area contributed by atoms with E-state index in [0.29, 0.717) is 18.2 Å². The molecule has 0 unspecified atom stereocenters. The maximum Gasteiger partial charge on any atom is 0.220 e. The van der Waals surface area contributed by atoms with Crippen molar-refractivity contribution in [2.45, 2.75) is 13.3 Å². The average molecular weight is 192 g/mol. The normalized spacial score (nSPS) is 10.4. The molecule has 4 heteroatoms. The first kappa shape index (κ1) is 8.87. The van der Waals surface area contributed by atoms with Crippen molar-refractivity contribution in [1.29, 1.82) is 0 Å². The minimum Gasteiger partial charge on any atom is -0.425 e. The lowest BCUT2D eigenvalue weighted by Crippen LogP contribution is -1.88. The molecule has 1 aromatic heterocycles. The van der Waals surface area contributed by atoms with Crippen molar-refractivity contribution in [2.24, 2.45) is 0 Å². The van der Waals surface area contributed by atoms with Gasteiger partial charge in [-0.1, -0.05) is 12.1 Å². The predicted molar refractivity (Wildman–Crippen MR) is 48.2 cm³/mol. The lowest BCUT2D eigenvalue weighted by molar-refractivity contribution is 0.477. The summed E-state index contributed by atoms with van der Waals surface area (Å²) >= 11 is 0. The van der Waals surface area contributed by atoms with E-state index in [0.717, 1.165) is 5.56 Å². The Kier molecular flexibility index (Phi) is 2.26. The van der Waals surface area contributed by atoms with Crippen molar-refractivity contribution in [3.63, 3.8) is 0 Å². The van der Waals surface area contributed by atoms with Gasteiger partial charge in [0.15, 0.2) is 0 Å². The van der Waals surface area contributed by atoms with Gasteiger partial charge < -0.3 is 4.42 Å². The lowest BCUT2D eigenvalue weighted by Gasteiger charge is -1.95. The summed E-state index contributed by atoms with van der Waals surface area (Å²) in [6.07, 6.45) is 0.543. The van der Waals surface area contributed by atoms with Crippen molar-refractivity contribution in [3.05, 3.63) is 47.4 Å². The van der Waals surface area contributed by atoms with Crippen LogP contribution in [0.5, 0.6) is 0 Å². The van der Waals surface area contributed by atoms with Gasteiger partial charge in [-0.15, -0.1) is 10.2 Å². The molecule has 0 radical (unpaired) electrons. The van der Waals surface area contributed by atoms with E-state index in [4.69, 9.17) is 4.42 Å². The minimum atomic E-state index is -0.240. The monoisotopic (exact) mass is 192 g/mol. The van der Waals surface area contributed by atoms with E-state index in [1.807, 2.05) is 0 Å². The van der Waals surface area contributed by atoms with E-state index in [-0.39, 0.29) is 5.82 Å². The Balaban J connectivity index is 2.15. The van der Waals surface area contributed by atoms with Gasteiger partial charge in [-0.25, -0.2) is 4.39 Å². The average Bonchev–Trinajstić information content (AvgIpc) is 2.56. The summed E-state index contributed by atoms with van der Waals surface area (Å²) in [5.41, 5.74) is 0.954. The molecule has 0 saturated carbocycles. The topological polar surface area (TPSA) is 38.9 Å². The summed E-state index contributed by atoms with van der Waals surface area (Å²) in [5.74, 6) is 0.853. The van der Waals surface area contributed by atoms with Gasteiger partial charge in [-0.3, -0.25) is 0 Å². The minimum absolute atomic E-state index is 0.240. The van der Waals surface area contributed by atoms with Crippen LogP contribution in [0.3, 0.4) is 0 Å². The van der Waals surface area contributed by atoms with Crippen LogP contribution in [0, 0.1) is 12.7 Å². The summed E-state index contributed by atoms with van der Waals surface area (Å²) in [6.45, 7) is 1.74. The molecule has 72 valence electrons. The maximum atomic E-state index is 12.6. The van der Waals surface area contributed by atoms with Crippen molar-refractivity contribution in [2.75, 3.05) is 0 Å². The second-order valence-electron chi connectivity index (χ2n) is 3.02. The summed E-state index contributed by atoms with van der Waals surface area (Å²) in [6, 6.07) is 6.24. The summed E-state index contributed by atoms with van der Waals surface area (Å²) in [7, 11) is 0. The highest BCUT2D eigenvalue weighted by Crippen LogP contribution is 2.08. The molecule has 14 heavy (non-hydrogen) atoms.